The highest BCUT2D eigenvalue weighted by molar-refractivity contribution is 5.85. The summed E-state index contributed by atoms with van der Waals surface area (Å²) < 4.78 is 5.19. The molecule has 0 bridgehead atoms. The van der Waals surface area contributed by atoms with Gasteiger partial charge in [-0.05, 0) is 29.5 Å². The number of nitrogens with one attached hydrogen (secondary N) is 1. The van der Waals surface area contributed by atoms with Gasteiger partial charge in [-0.3, -0.25) is 5.32 Å². The number of unbranched alkanes of at least 4 members (excludes halogenated alkanes) is 5. The lowest BCUT2D eigenvalue weighted by Gasteiger charge is -2.20. The van der Waals surface area contributed by atoms with E-state index in [1.54, 1.807) is 6.07 Å². The highest BCUT2D eigenvalue weighted by Crippen LogP contribution is 2.29. The molecule has 1 rings (SSSR count). The van der Waals surface area contributed by atoms with E-state index in [0.717, 1.165) is 18.4 Å². The van der Waals surface area contributed by atoms with Crippen molar-refractivity contribution < 1.29 is 14.6 Å². The van der Waals surface area contributed by atoms with Crippen LogP contribution in [0.1, 0.15) is 71.8 Å². The van der Waals surface area contributed by atoms with Gasteiger partial charge in [0.25, 0.3) is 0 Å². The fourth-order valence-corrected chi connectivity index (χ4v) is 2.32. The van der Waals surface area contributed by atoms with Crippen LogP contribution in [0, 0.1) is 0 Å². The quantitative estimate of drug-likeness (QED) is 0.613. The number of carbonyl (C=O) groups is 1. The molecular weight excluding hydrogens is 290 g/mol. The minimum absolute atomic E-state index is 0.0996. The molecule has 1 amide bonds. The third-order valence-corrected chi connectivity index (χ3v) is 3.76. The molecule has 1 aromatic carbocycles. The molecule has 130 valence electrons. The van der Waals surface area contributed by atoms with Gasteiger partial charge in [-0.25, -0.2) is 4.79 Å². The summed E-state index contributed by atoms with van der Waals surface area (Å²) in [6, 6.07) is 5.11. The number of benzene rings is 1. The van der Waals surface area contributed by atoms with Crippen molar-refractivity contribution in [3.05, 3.63) is 23.8 Å². The number of ether oxygens (including phenoxy) is 1. The number of anilines is 1. The Morgan fingerprint density at radius 2 is 1.74 bits per heavy atom. The molecule has 0 unspecified atom stereocenters. The minimum Gasteiger partial charge on any atom is -0.508 e. The Morgan fingerprint density at radius 3 is 2.39 bits per heavy atom. The van der Waals surface area contributed by atoms with Crippen LogP contribution in [0.3, 0.4) is 0 Å². The molecule has 2 N–H and O–H groups in total. The molecule has 23 heavy (non-hydrogen) atoms. The van der Waals surface area contributed by atoms with Gasteiger partial charge in [-0.15, -0.1) is 0 Å². The average Bonchev–Trinajstić information content (AvgIpc) is 2.44. The van der Waals surface area contributed by atoms with E-state index in [1.807, 2.05) is 6.07 Å². The molecule has 1 aromatic rings. The van der Waals surface area contributed by atoms with Crippen LogP contribution in [-0.2, 0) is 10.2 Å². The first kappa shape index (κ1) is 19.3. The number of carbonyl (C=O) groups excluding carboxylic acids is 1. The van der Waals surface area contributed by atoms with E-state index in [-0.39, 0.29) is 11.2 Å². The topological polar surface area (TPSA) is 58.6 Å². The van der Waals surface area contributed by atoms with Gasteiger partial charge in [-0.1, -0.05) is 59.8 Å². The summed E-state index contributed by atoms with van der Waals surface area (Å²) in [5.74, 6) is 0.142. The Labute approximate surface area is 140 Å². The molecule has 0 aliphatic heterocycles. The summed E-state index contributed by atoms with van der Waals surface area (Å²) in [7, 11) is 0. The standard InChI is InChI=1S/C19H31NO3/c1-5-6-7-8-9-10-11-23-18(22)20-16-12-15(19(2,3)4)13-17(21)14-16/h12-14,21H,5-11H2,1-4H3,(H,20,22). The monoisotopic (exact) mass is 321 g/mol. The molecule has 0 radical (unpaired) electrons. The van der Waals surface area contributed by atoms with Crippen LogP contribution in [0.25, 0.3) is 0 Å². The van der Waals surface area contributed by atoms with E-state index in [2.05, 4.69) is 33.0 Å². The van der Waals surface area contributed by atoms with Gasteiger partial charge in [0.2, 0.25) is 0 Å². The second-order valence-corrected chi connectivity index (χ2v) is 7.05. The van der Waals surface area contributed by atoms with Crippen LogP contribution < -0.4 is 5.32 Å². The lowest BCUT2D eigenvalue weighted by molar-refractivity contribution is 0.159. The summed E-state index contributed by atoms with van der Waals surface area (Å²) in [5.41, 5.74) is 1.42. The van der Waals surface area contributed by atoms with Gasteiger partial charge in [0, 0.05) is 11.8 Å². The number of aromatic hydroxyl groups is 1. The lowest BCUT2D eigenvalue weighted by atomic mass is 9.86. The van der Waals surface area contributed by atoms with Gasteiger partial charge >= 0.3 is 6.09 Å². The van der Waals surface area contributed by atoms with E-state index in [9.17, 15) is 9.90 Å². The molecule has 0 spiro atoms. The summed E-state index contributed by atoms with van der Waals surface area (Å²) in [6.45, 7) is 8.80. The van der Waals surface area contributed by atoms with Crippen LogP contribution in [0.15, 0.2) is 18.2 Å². The normalized spacial score (nSPS) is 11.3. The number of amides is 1. The maximum atomic E-state index is 11.8. The Kier molecular flexibility index (Phi) is 7.93. The first-order valence-electron chi connectivity index (χ1n) is 8.61. The van der Waals surface area contributed by atoms with E-state index in [4.69, 9.17) is 4.74 Å². The highest BCUT2D eigenvalue weighted by atomic mass is 16.5. The fourth-order valence-electron chi connectivity index (χ4n) is 2.32. The van der Waals surface area contributed by atoms with Crippen molar-refractivity contribution >= 4 is 11.8 Å². The van der Waals surface area contributed by atoms with Gasteiger partial charge < -0.3 is 9.84 Å². The molecule has 0 aliphatic rings. The number of hydrogen-bond donors (Lipinski definition) is 2. The molecular formula is C19H31NO3. The summed E-state index contributed by atoms with van der Waals surface area (Å²) in [5, 5.41) is 12.5. The summed E-state index contributed by atoms with van der Waals surface area (Å²) >= 11 is 0. The molecule has 4 heteroatoms. The van der Waals surface area contributed by atoms with Crippen molar-refractivity contribution in [3.63, 3.8) is 0 Å². The minimum atomic E-state index is -0.469. The Morgan fingerprint density at radius 1 is 1.09 bits per heavy atom. The predicted octanol–water partition coefficient (Wildman–Crippen LogP) is 5.60. The van der Waals surface area contributed by atoms with Crippen LogP contribution in [0.5, 0.6) is 5.75 Å². The maximum Gasteiger partial charge on any atom is 0.411 e. The smallest absolute Gasteiger partial charge is 0.411 e. The number of rotatable bonds is 8. The van der Waals surface area contributed by atoms with Crippen molar-refractivity contribution in [2.24, 2.45) is 0 Å². The summed E-state index contributed by atoms with van der Waals surface area (Å²) in [6.07, 6.45) is 6.47. The molecule has 0 atom stereocenters. The zero-order valence-electron chi connectivity index (χ0n) is 14.9. The Bertz CT molecular complexity index is 492. The van der Waals surface area contributed by atoms with E-state index in [0.29, 0.717) is 12.3 Å². The van der Waals surface area contributed by atoms with Crippen molar-refractivity contribution in [3.8, 4) is 5.75 Å². The average molecular weight is 321 g/mol. The van der Waals surface area contributed by atoms with Crippen molar-refractivity contribution in [2.75, 3.05) is 11.9 Å². The molecule has 0 saturated heterocycles. The molecule has 0 fully saturated rings. The molecule has 0 saturated carbocycles. The van der Waals surface area contributed by atoms with Crippen molar-refractivity contribution in [2.45, 2.75) is 71.6 Å². The zero-order valence-corrected chi connectivity index (χ0v) is 14.9. The predicted molar refractivity (Wildman–Crippen MR) is 95.2 cm³/mol. The van der Waals surface area contributed by atoms with Crippen LogP contribution in [0.2, 0.25) is 0 Å². The van der Waals surface area contributed by atoms with Gasteiger partial charge in [0.1, 0.15) is 5.75 Å². The van der Waals surface area contributed by atoms with Gasteiger partial charge in [0.05, 0.1) is 6.61 Å². The number of phenols is 1. The number of phenolic OH excluding ortho intramolecular Hbond substituents is 1. The van der Waals surface area contributed by atoms with Crippen LogP contribution >= 0.6 is 0 Å². The Balaban J connectivity index is 2.38. The largest absolute Gasteiger partial charge is 0.508 e. The number of hydrogen-bond acceptors (Lipinski definition) is 3. The van der Waals surface area contributed by atoms with Crippen LogP contribution in [0.4, 0.5) is 10.5 Å². The molecule has 4 nitrogen and oxygen atoms in total. The van der Waals surface area contributed by atoms with Crippen molar-refractivity contribution in [1.82, 2.24) is 0 Å². The van der Waals surface area contributed by atoms with E-state index < -0.39 is 6.09 Å². The first-order chi connectivity index (χ1) is 10.8. The fraction of sp³-hybridized carbons (Fsp3) is 0.632. The van der Waals surface area contributed by atoms with E-state index in [1.165, 1.54) is 31.7 Å². The zero-order chi connectivity index (χ0) is 17.3. The second-order valence-electron chi connectivity index (χ2n) is 7.05. The molecule has 0 heterocycles. The Hall–Kier alpha value is -1.71. The third kappa shape index (κ3) is 7.91. The lowest BCUT2D eigenvalue weighted by Crippen LogP contribution is -2.16. The van der Waals surface area contributed by atoms with Crippen molar-refractivity contribution in [1.29, 1.82) is 0 Å². The molecule has 0 aliphatic carbocycles. The summed E-state index contributed by atoms with van der Waals surface area (Å²) in [4.78, 5) is 11.8. The molecule has 0 aromatic heterocycles. The van der Waals surface area contributed by atoms with Gasteiger partial charge in [0.15, 0.2) is 0 Å². The highest BCUT2D eigenvalue weighted by Gasteiger charge is 2.16. The third-order valence-electron chi connectivity index (χ3n) is 3.76. The second kappa shape index (κ2) is 9.43. The first-order valence-corrected chi connectivity index (χ1v) is 8.61. The van der Waals surface area contributed by atoms with E-state index >= 15 is 0 Å². The SMILES string of the molecule is CCCCCCCCOC(=O)Nc1cc(O)cc(C(C)(C)C)c1. The maximum absolute atomic E-state index is 11.8. The van der Waals surface area contributed by atoms with Crippen LogP contribution in [-0.4, -0.2) is 17.8 Å². The van der Waals surface area contributed by atoms with Gasteiger partial charge in [-0.2, -0.15) is 0 Å².